The molecule has 2 rings (SSSR count). The molecule has 2 N–H and O–H groups in total. The van der Waals surface area contributed by atoms with Gasteiger partial charge in [-0.15, -0.1) is 0 Å². The number of carbonyl (C=O) groups excluding carboxylic acids is 1. The second-order valence-electron chi connectivity index (χ2n) is 6.79. The van der Waals surface area contributed by atoms with Gasteiger partial charge in [0.15, 0.2) is 0 Å². The smallest absolute Gasteiger partial charge is 0.367 e. The number of nitrogens with zero attached hydrogens (tertiary/aromatic N) is 1. The van der Waals surface area contributed by atoms with Crippen LogP contribution in [0.25, 0.3) is 0 Å². The molecule has 1 aromatic rings. The van der Waals surface area contributed by atoms with Crippen molar-refractivity contribution < 1.29 is 22.7 Å². The lowest BCUT2D eigenvalue weighted by atomic mass is 10.1. The second-order valence-corrected chi connectivity index (χ2v) is 6.79. The molecule has 0 radical (unpaired) electrons. The zero-order chi connectivity index (χ0) is 19.5. The van der Waals surface area contributed by atoms with Crippen molar-refractivity contribution in [1.82, 2.24) is 15.5 Å². The highest BCUT2D eigenvalue weighted by molar-refractivity contribution is 5.73. The fraction of sp³-hybridized carbons (Fsp3) is 0.632. The van der Waals surface area contributed by atoms with Crippen molar-refractivity contribution in [2.45, 2.75) is 45.0 Å². The number of urea groups is 1. The van der Waals surface area contributed by atoms with Crippen LogP contribution in [0.3, 0.4) is 0 Å². The minimum atomic E-state index is -4.31. The Balaban J connectivity index is 1.56. The number of nitrogens with one attached hydrogen (secondary N) is 2. The molecule has 0 unspecified atom stereocenters. The van der Waals surface area contributed by atoms with E-state index >= 15 is 0 Å². The van der Waals surface area contributed by atoms with Gasteiger partial charge in [-0.2, -0.15) is 13.2 Å². The molecule has 1 heterocycles. The first-order chi connectivity index (χ1) is 12.9. The van der Waals surface area contributed by atoms with Crippen molar-refractivity contribution in [3.05, 3.63) is 35.4 Å². The zero-order valence-electron chi connectivity index (χ0n) is 15.5. The van der Waals surface area contributed by atoms with E-state index in [1.165, 1.54) is 19.3 Å². The van der Waals surface area contributed by atoms with Crippen LogP contribution in [0.1, 0.15) is 36.8 Å². The summed E-state index contributed by atoms with van der Waals surface area (Å²) in [6.07, 6.45) is 0.464. The Bertz CT molecular complexity index is 558. The third-order valence-electron chi connectivity index (χ3n) is 4.40. The van der Waals surface area contributed by atoms with Gasteiger partial charge in [0.1, 0.15) is 6.61 Å². The van der Waals surface area contributed by atoms with Gasteiger partial charge in [-0.3, -0.25) is 0 Å². The fourth-order valence-electron chi connectivity index (χ4n) is 2.97. The van der Waals surface area contributed by atoms with Crippen LogP contribution in [0.4, 0.5) is 18.0 Å². The lowest BCUT2D eigenvalue weighted by molar-refractivity contribution is -0.176. The van der Waals surface area contributed by atoms with Gasteiger partial charge in [-0.05, 0) is 50.0 Å². The summed E-state index contributed by atoms with van der Waals surface area (Å²) in [6, 6.07) is 6.71. The number of piperidine rings is 1. The summed E-state index contributed by atoms with van der Waals surface area (Å²) in [5.41, 5.74) is 1.53. The van der Waals surface area contributed by atoms with Crippen molar-refractivity contribution in [2.75, 3.05) is 32.8 Å². The summed E-state index contributed by atoms with van der Waals surface area (Å²) in [4.78, 5) is 14.2. The number of alkyl halides is 3. The molecule has 1 aromatic carbocycles. The number of hydrogen-bond donors (Lipinski definition) is 2. The summed E-state index contributed by atoms with van der Waals surface area (Å²) in [7, 11) is 0. The van der Waals surface area contributed by atoms with Crippen molar-refractivity contribution in [3.63, 3.8) is 0 Å². The Morgan fingerprint density at radius 3 is 2.37 bits per heavy atom. The zero-order valence-corrected chi connectivity index (χ0v) is 15.5. The number of likely N-dealkylation sites (tertiary alicyclic amines) is 1. The van der Waals surface area contributed by atoms with E-state index in [-0.39, 0.29) is 12.6 Å². The molecule has 1 aliphatic rings. The van der Waals surface area contributed by atoms with Crippen molar-refractivity contribution in [3.8, 4) is 0 Å². The van der Waals surface area contributed by atoms with Crippen LogP contribution >= 0.6 is 0 Å². The first-order valence-corrected chi connectivity index (χ1v) is 9.39. The van der Waals surface area contributed by atoms with Crippen molar-refractivity contribution in [2.24, 2.45) is 0 Å². The Morgan fingerprint density at radius 2 is 1.70 bits per heavy atom. The van der Waals surface area contributed by atoms with E-state index in [1.807, 2.05) is 0 Å². The predicted molar refractivity (Wildman–Crippen MR) is 97.3 cm³/mol. The third kappa shape index (κ3) is 9.63. The maximum Gasteiger partial charge on any atom is 0.411 e. The number of benzene rings is 1. The van der Waals surface area contributed by atoms with Gasteiger partial charge in [-0.25, -0.2) is 4.79 Å². The number of amides is 2. The molecule has 0 bridgehead atoms. The second kappa shape index (κ2) is 11.1. The monoisotopic (exact) mass is 387 g/mol. The van der Waals surface area contributed by atoms with Crippen LogP contribution in [0.15, 0.2) is 24.3 Å². The molecule has 1 saturated heterocycles. The standard InChI is InChI=1S/C19H28F3N3O2/c20-19(21,22)15-27-14-17-7-5-16(6-8-17)13-24-18(26)23-9-4-12-25-10-2-1-3-11-25/h5-8H,1-4,9-15H2,(H2,23,24,26). The number of halogens is 3. The Labute approximate surface area is 158 Å². The SMILES string of the molecule is O=C(NCCCN1CCCCC1)NCc1ccc(COCC(F)(F)F)cc1. The number of ether oxygens (including phenoxy) is 1. The highest BCUT2D eigenvalue weighted by Crippen LogP contribution is 2.15. The van der Waals surface area contributed by atoms with Crippen molar-refractivity contribution in [1.29, 1.82) is 0 Å². The highest BCUT2D eigenvalue weighted by atomic mass is 19.4. The maximum absolute atomic E-state index is 12.0. The number of hydrogen-bond acceptors (Lipinski definition) is 3. The lowest BCUT2D eigenvalue weighted by Crippen LogP contribution is -2.37. The minimum Gasteiger partial charge on any atom is -0.367 e. The van der Waals surface area contributed by atoms with Gasteiger partial charge in [0.05, 0.1) is 6.61 Å². The molecule has 27 heavy (non-hydrogen) atoms. The first-order valence-electron chi connectivity index (χ1n) is 9.39. The quantitative estimate of drug-likeness (QED) is 0.639. The van der Waals surface area contributed by atoms with Crippen LogP contribution in [0, 0.1) is 0 Å². The molecular weight excluding hydrogens is 359 g/mol. The highest BCUT2D eigenvalue weighted by Gasteiger charge is 2.27. The maximum atomic E-state index is 12.0. The molecule has 0 spiro atoms. The van der Waals surface area contributed by atoms with E-state index in [0.29, 0.717) is 18.7 Å². The Hall–Kier alpha value is -1.80. The summed E-state index contributed by atoms with van der Waals surface area (Å²) >= 11 is 0. The molecule has 152 valence electrons. The molecule has 0 atom stereocenters. The number of carbonyl (C=O) groups is 1. The van der Waals surface area contributed by atoms with E-state index in [4.69, 9.17) is 0 Å². The van der Waals surface area contributed by atoms with E-state index in [2.05, 4.69) is 20.3 Å². The molecule has 1 fully saturated rings. The van der Waals surface area contributed by atoms with Gasteiger partial charge in [0.2, 0.25) is 0 Å². The molecular formula is C19H28F3N3O2. The Morgan fingerprint density at radius 1 is 1.04 bits per heavy atom. The fourth-order valence-corrected chi connectivity index (χ4v) is 2.97. The first kappa shape index (κ1) is 21.5. The third-order valence-corrected chi connectivity index (χ3v) is 4.40. The van der Waals surface area contributed by atoms with E-state index in [1.54, 1.807) is 24.3 Å². The lowest BCUT2D eigenvalue weighted by Gasteiger charge is -2.26. The van der Waals surface area contributed by atoms with Gasteiger partial charge in [0.25, 0.3) is 0 Å². The van der Waals surface area contributed by atoms with Crippen LogP contribution in [-0.4, -0.2) is 49.9 Å². The summed E-state index contributed by atoms with van der Waals surface area (Å²) in [5, 5.41) is 5.62. The van der Waals surface area contributed by atoms with Gasteiger partial charge in [0, 0.05) is 13.1 Å². The van der Waals surface area contributed by atoms with E-state index in [9.17, 15) is 18.0 Å². The van der Waals surface area contributed by atoms with Crippen LogP contribution < -0.4 is 10.6 Å². The predicted octanol–water partition coefficient (Wildman–Crippen LogP) is 3.44. The van der Waals surface area contributed by atoms with Gasteiger partial charge in [-0.1, -0.05) is 30.7 Å². The van der Waals surface area contributed by atoms with Gasteiger partial charge < -0.3 is 20.3 Å². The van der Waals surface area contributed by atoms with Crippen LogP contribution in [0.5, 0.6) is 0 Å². The molecule has 0 aromatic heterocycles. The summed E-state index contributed by atoms with van der Waals surface area (Å²) < 4.78 is 40.7. The summed E-state index contributed by atoms with van der Waals surface area (Å²) in [5.74, 6) is 0. The topological polar surface area (TPSA) is 53.6 Å². The van der Waals surface area contributed by atoms with Crippen LogP contribution in [0.2, 0.25) is 0 Å². The van der Waals surface area contributed by atoms with Crippen molar-refractivity contribution >= 4 is 6.03 Å². The normalized spacial score (nSPS) is 15.5. The van der Waals surface area contributed by atoms with Crippen LogP contribution in [-0.2, 0) is 17.9 Å². The molecule has 8 heteroatoms. The Kier molecular flexibility index (Phi) is 8.87. The average molecular weight is 387 g/mol. The van der Waals surface area contributed by atoms with Gasteiger partial charge >= 0.3 is 12.2 Å². The average Bonchev–Trinajstić information content (AvgIpc) is 2.64. The molecule has 0 aliphatic carbocycles. The molecule has 0 saturated carbocycles. The number of rotatable bonds is 9. The summed E-state index contributed by atoms with van der Waals surface area (Å²) in [6.45, 7) is 2.98. The minimum absolute atomic E-state index is 0.0925. The van der Waals surface area contributed by atoms with E-state index in [0.717, 1.165) is 31.6 Å². The molecule has 5 nitrogen and oxygen atoms in total. The molecule has 1 aliphatic heterocycles. The molecule has 2 amide bonds. The largest absolute Gasteiger partial charge is 0.411 e. The van der Waals surface area contributed by atoms with E-state index < -0.39 is 12.8 Å².